The lowest BCUT2D eigenvalue weighted by atomic mass is 9.93. The maximum atomic E-state index is 13.4. The molecule has 1 amide bonds. The van der Waals surface area contributed by atoms with Crippen molar-refractivity contribution in [3.8, 4) is 28.0 Å². The van der Waals surface area contributed by atoms with Crippen LogP contribution in [0.3, 0.4) is 0 Å². The summed E-state index contributed by atoms with van der Waals surface area (Å²) in [5.74, 6) is -0.267. The minimum atomic E-state index is -5.00. The summed E-state index contributed by atoms with van der Waals surface area (Å²) in [5, 5.41) is 9.39. The van der Waals surface area contributed by atoms with E-state index < -0.39 is 41.6 Å². The summed E-state index contributed by atoms with van der Waals surface area (Å²) in [4.78, 5) is 30.7. The number of aryl methyl sites for hydroxylation is 1. The number of pyridine rings is 1. The van der Waals surface area contributed by atoms with E-state index in [9.17, 15) is 41.0 Å². The van der Waals surface area contributed by atoms with E-state index in [0.29, 0.717) is 34.7 Å². The number of rotatable bonds is 9. The summed E-state index contributed by atoms with van der Waals surface area (Å²) in [6, 6.07) is 15.5. The Morgan fingerprint density at radius 1 is 0.918 bits per heavy atom. The summed E-state index contributed by atoms with van der Waals surface area (Å²) in [6.07, 6.45) is -10.2. The van der Waals surface area contributed by atoms with E-state index in [0.717, 1.165) is 35.2 Å². The third kappa shape index (κ3) is 7.35. The average Bonchev–Trinajstić information content (AvgIpc) is 3.83. The summed E-state index contributed by atoms with van der Waals surface area (Å²) in [6.45, 7) is 1.68. The second-order valence-corrected chi connectivity index (χ2v) is 12.3. The Morgan fingerprint density at radius 2 is 1.59 bits per heavy atom. The number of ether oxygens (including phenoxy) is 2. The maximum Gasteiger partial charge on any atom is 0.416 e. The fourth-order valence-electron chi connectivity index (χ4n) is 6.09. The van der Waals surface area contributed by atoms with Crippen molar-refractivity contribution >= 4 is 12.1 Å². The molecule has 1 saturated heterocycles. The first-order valence-corrected chi connectivity index (χ1v) is 15.4. The van der Waals surface area contributed by atoms with Gasteiger partial charge < -0.3 is 14.6 Å². The van der Waals surface area contributed by atoms with Crippen LogP contribution in [0.1, 0.15) is 62.8 Å². The number of halogens is 6. The number of cyclic esters (lactones) is 1. The van der Waals surface area contributed by atoms with Gasteiger partial charge in [-0.1, -0.05) is 18.2 Å². The minimum absolute atomic E-state index is 0.0403. The van der Waals surface area contributed by atoms with Gasteiger partial charge in [0.2, 0.25) is 0 Å². The zero-order chi connectivity index (χ0) is 35.2. The number of hydrogen-bond donors (Lipinski definition) is 1. The maximum absolute atomic E-state index is 13.4. The summed E-state index contributed by atoms with van der Waals surface area (Å²) >= 11 is 0. The van der Waals surface area contributed by atoms with E-state index in [4.69, 9.17) is 14.5 Å². The first-order chi connectivity index (χ1) is 23.1. The number of methoxy groups -OCH3 is 1. The standard InChI is InChI=1S/C36H30F6N2O5/c1-19-11-23(33(45)46)5-7-27(19)22-6-10-32(48-2)29(15-22)28-8-9-30(21-3-4-21)43-31(28)18-44-17-26(49-34(44)47)14-20-12-24(35(37,38)39)16-25(13-20)36(40,41)42/h5-13,15-16,21,26H,3-4,14,17-18H2,1-2H3,(H,45,46)/t26-/m1/s1. The number of benzene rings is 3. The van der Waals surface area contributed by atoms with Crippen molar-refractivity contribution in [3.63, 3.8) is 0 Å². The monoisotopic (exact) mass is 684 g/mol. The average molecular weight is 685 g/mol. The number of carbonyl (C=O) groups is 2. The molecule has 2 aliphatic rings. The molecule has 0 radical (unpaired) electrons. The third-order valence-corrected chi connectivity index (χ3v) is 8.67. The van der Waals surface area contributed by atoms with Gasteiger partial charge in [-0.15, -0.1) is 0 Å². The van der Waals surface area contributed by atoms with Gasteiger partial charge in [-0.05, 0) is 90.6 Å². The van der Waals surface area contributed by atoms with Crippen molar-refractivity contribution in [1.82, 2.24) is 9.88 Å². The molecule has 0 spiro atoms. The van der Waals surface area contributed by atoms with Crippen LogP contribution in [0.4, 0.5) is 31.1 Å². The Morgan fingerprint density at radius 3 is 2.18 bits per heavy atom. The van der Waals surface area contributed by atoms with Crippen LogP contribution in [0, 0.1) is 6.92 Å². The molecule has 49 heavy (non-hydrogen) atoms. The summed E-state index contributed by atoms with van der Waals surface area (Å²) in [7, 11) is 1.51. The Balaban J connectivity index is 1.31. The Hall–Kier alpha value is -5.07. The molecule has 1 N–H and O–H groups in total. The Kier molecular flexibility index (Phi) is 8.80. The topological polar surface area (TPSA) is 89.0 Å². The smallest absolute Gasteiger partial charge is 0.416 e. The van der Waals surface area contributed by atoms with Gasteiger partial charge in [-0.2, -0.15) is 26.3 Å². The van der Waals surface area contributed by atoms with Gasteiger partial charge in [0.15, 0.2) is 0 Å². The lowest BCUT2D eigenvalue weighted by Gasteiger charge is -2.19. The SMILES string of the molecule is COc1ccc(-c2ccc(C(=O)O)cc2C)cc1-c1ccc(C2CC2)nc1CN1C[C@@H](Cc2cc(C(F)(F)F)cc(C(F)(F)F)c2)OC1=O. The van der Waals surface area contributed by atoms with E-state index in [-0.39, 0.29) is 42.6 Å². The van der Waals surface area contributed by atoms with Crippen LogP contribution in [-0.4, -0.2) is 46.8 Å². The van der Waals surface area contributed by atoms with E-state index in [1.165, 1.54) is 18.1 Å². The largest absolute Gasteiger partial charge is 0.496 e. The minimum Gasteiger partial charge on any atom is -0.496 e. The van der Waals surface area contributed by atoms with Gasteiger partial charge in [-0.3, -0.25) is 9.88 Å². The normalized spacial score (nSPS) is 16.5. The van der Waals surface area contributed by atoms with E-state index in [1.807, 2.05) is 31.2 Å². The summed E-state index contributed by atoms with van der Waals surface area (Å²) < 4.78 is 91.7. The molecule has 3 aromatic carbocycles. The first kappa shape index (κ1) is 33.8. The molecular weight excluding hydrogens is 654 g/mol. The van der Waals surface area contributed by atoms with E-state index >= 15 is 0 Å². The molecule has 0 unspecified atom stereocenters. The molecule has 2 fully saturated rings. The Bertz CT molecular complexity index is 1900. The van der Waals surface area contributed by atoms with Crippen molar-refractivity contribution in [3.05, 3.63) is 106 Å². The highest BCUT2D eigenvalue weighted by atomic mass is 19.4. The number of amides is 1. The zero-order valence-corrected chi connectivity index (χ0v) is 26.3. The molecule has 2 heterocycles. The number of carbonyl (C=O) groups excluding carboxylic acids is 1. The van der Waals surface area contributed by atoms with Crippen molar-refractivity contribution in [2.75, 3.05) is 13.7 Å². The zero-order valence-electron chi connectivity index (χ0n) is 26.3. The van der Waals surface area contributed by atoms with Crippen LogP contribution in [-0.2, 0) is 30.1 Å². The van der Waals surface area contributed by atoms with Crippen LogP contribution >= 0.6 is 0 Å². The van der Waals surface area contributed by atoms with Crippen molar-refractivity contribution in [1.29, 1.82) is 0 Å². The fraction of sp³-hybridized carbons (Fsp3) is 0.306. The molecule has 1 aromatic heterocycles. The van der Waals surface area contributed by atoms with Gasteiger partial charge in [-0.25, -0.2) is 9.59 Å². The van der Waals surface area contributed by atoms with Gasteiger partial charge in [0.25, 0.3) is 0 Å². The molecule has 1 aliphatic carbocycles. The molecule has 6 rings (SSSR count). The number of alkyl halides is 6. The van der Waals surface area contributed by atoms with E-state index in [1.54, 1.807) is 18.2 Å². The van der Waals surface area contributed by atoms with Crippen molar-refractivity contribution in [2.45, 2.75) is 57.1 Å². The third-order valence-electron chi connectivity index (χ3n) is 8.67. The first-order valence-electron chi connectivity index (χ1n) is 15.4. The molecule has 4 aromatic rings. The number of carboxylic acid groups (broad SMARTS) is 1. The highest BCUT2D eigenvalue weighted by molar-refractivity contribution is 5.89. The lowest BCUT2D eigenvalue weighted by Crippen LogP contribution is -2.26. The molecule has 0 bridgehead atoms. The Labute approximate surface area is 277 Å². The molecule has 1 atom stereocenters. The van der Waals surface area contributed by atoms with Crippen LogP contribution < -0.4 is 4.74 Å². The molecular formula is C36H30F6N2O5. The van der Waals surface area contributed by atoms with Crippen LogP contribution in [0.2, 0.25) is 0 Å². The van der Waals surface area contributed by atoms with Gasteiger partial charge >= 0.3 is 24.4 Å². The van der Waals surface area contributed by atoms with Gasteiger partial charge in [0.05, 0.1) is 42.6 Å². The van der Waals surface area contributed by atoms with Crippen LogP contribution in [0.15, 0.2) is 66.7 Å². The molecule has 1 aliphatic heterocycles. The van der Waals surface area contributed by atoms with Crippen LogP contribution in [0.25, 0.3) is 22.3 Å². The molecule has 7 nitrogen and oxygen atoms in total. The number of hydrogen-bond acceptors (Lipinski definition) is 5. The lowest BCUT2D eigenvalue weighted by molar-refractivity contribution is -0.143. The highest BCUT2D eigenvalue weighted by Crippen LogP contribution is 2.42. The van der Waals surface area contributed by atoms with Crippen molar-refractivity contribution < 1.29 is 50.5 Å². The van der Waals surface area contributed by atoms with E-state index in [2.05, 4.69) is 0 Å². The number of carboxylic acids is 1. The van der Waals surface area contributed by atoms with Gasteiger partial charge in [0, 0.05) is 29.2 Å². The number of aromatic nitrogens is 1. The molecule has 256 valence electrons. The van der Waals surface area contributed by atoms with Gasteiger partial charge in [0.1, 0.15) is 11.9 Å². The summed E-state index contributed by atoms with van der Waals surface area (Å²) in [5.41, 5.74) is 1.98. The predicted octanol–water partition coefficient (Wildman–Crippen LogP) is 8.91. The van der Waals surface area contributed by atoms with Crippen LogP contribution in [0.5, 0.6) is 5.75 Å². The second kappa shape index (κ2) is 12.8. The quantitative estimate of drug-likeness (QED) is 0.177. The fourth-order valence-corrected chi connectivity index (χ4v) is 6.09. The molecule has 13 heteroatoms. The predicted molar refractivity (Wildman–Crippen MR) is 166 cm³/mol. The second-order valence-electron chi connectivity index (χ2n) is 12.3. The number of aromatic carboxylic acids is 1. The number of nitrogens with zero attached hydrogens (tertiary/aromatic N) is 2. The highest BCUT2D eigenvalue weighted by Gasteiger charge is 2.38. The van der Waals surface area contributed by atoms with Crippen molar-refractivity contribution in [2.24, 2.45) is 0 Å². The molecule has 1 saturated carbocycles.